The molecule has 2 nitrogen and oxygen atoms in total. The van der Waals surface area contributed by atoms with E-state index in [0.29, 0.717) is 0 Å². The molecule has 1 fully saturated rings. The lowest BCUT2D eigenvalue weighted by molar-refractivity contribution is -0.333. The van der Waals surface area contributed by atoms with Crippen molar-refractivity contribution in [2.45, 2.75) is 31.5 Å². The molecule has 2 aromatic carbocycles. The monoisotopic (exact) mass is 254 g/mol. The maximum atomic E-state index is 5.74. The third kappa shape index (κ3) is 2.29. The zero-order valence-corrected chi connectivity index (χ0v) is 11.1. The Hall–Kier alpha value is -1.64. The summed E-state index contributed by atoms with van der Waals surface area (Å²) >= 11 is 0. The second-order valence-electron chi connectivity index (χ2n) is 5.00. The molecule has 2 aromatic rings. The molecule has 0 aliphatic carbocycles. The molecule has 19 heavy (non-hydrogen) atoms. The van der Waals surface area contributed by atoms with Gasteiger partial charge in [0.25, 0.3) is 0 Å². The quantitative estimate of drug-likeness (QED) is 0.756. The molecule has 1 saturated heterocycles. The first-order chi connectivity index (χ1) is 9.34. The zero-order valence-electron chi connectivity index (χ0n) is 11.1. The van der Waals surface area contributed by atoms with Gasteiger partial charge in [-0.05, 0) is 17.5 Å². The maximum absolute atomic E-state index is 5.74. The second-order valence-corrected chi connectivity index (χ2v) is 5.00. The minimum atomic E-state index is -0.318. The van der Waals surface area contributed by atoms with Crippen molar-refractivity contribution in [2.24, 2.45) is 0 Å². The lowest BCUT2D eigenvalue weighted by atomic mass is 9.85. The molecule has 0 radical (unpaired) electrons. The van der Waals surface area contributed by atoms with E-state index in [0.717, 1.165) is 12.8 Å². The van der Waals surface area contributed by atoms with Gasteiger partial charge in [0.1, 0.15) is 11.7 Å². The van der Waals surface area contributed by atoms with Crippen molar-refractivity contribution < 1.29 is 9.78 Å². The molecule has 1 aliphatic rings. The van der Waals surface area contributed by atoms with Crippen LogP contribution in [-0.2, 0) is 15.4 Å². The molecule has 2 unspecified atom stereocenters. The Morgan fingerprint density at radius 2 is 1.63 bits per heavy atom. The van der Waals surface area contributed by atoms with E-state index in [1.54, 1.807) is 0 Å². The topological polar surface area (TPSA) is 18.5 Å². The summed E-state index contributed by atoms with van der Waals surface area (Å²) in [5.41, 5.74) is 2.05. The lowest BCUT2D eigenvalue weighted by Crippen LogP contribution is -2.23. The lowest BCUT2D eigenvalue weighted by Gasteiger charge is -2.24. The molecule has 2 heteroatoms. The van der Waals surface area contributed by atoms with Crippen molar-refractivity contribution in [3.63, 3.8) is 0 Å². The van der Waals surface area contributed by atoms with Crippen LogP contribution < -0.4 is 0 Å². The van der Waals surface area contributed by atoms with Gasteiger partial charge in [0.05, 0.1) is 0 Å². The van der Waals surface area contributed by atoms with Crippen LogP contribution in [0.4, 0.5) is 0 Å². The van der Waals surface area contributed by atoms with Crippen LogP contribution in [0.25, 0.3) is 0 Å². The predicted octanol–water partition coefficient (Wildman–Crippen LogP) is 4.39. The SMILES string of the molecule is CCC1(c2ccccc2)CC(c2ccccc2)OO1. The Labute approximate surface area is 113 Å². The highest BCUT2D eigenvalue weighted by molar-refractivity contribution is 5.26. The zero-order chi connectivity index (χ0) is 13.1. The van der Waals surface area contributed by atoms with Gasteiger partial charge >= 0.3 is 0 Å². The molecule has 98 valence electrons. The fraction of sp³-hybridized carbons (Fsp3) is 0.294. The van der Waals surface area contributed by atoms with E-state index in [1.165, 1.54) is 11.1 Å². The highest BCUT2D eigenvalue weighted by Crippen LogP contribution is 2.46. The van der Waals surface area contributed by atoms with E-state index in [9.17, 15) is 0 Å². The third-order valence-corrected chi connectivity index (χ3v) is 3.88. The van der Waals surface area contributed by atoms with Gasteiger partial charge in [-0.3, -0.25) is 0 Å². The van der Waals surface area contributed by atoms with E-state index in [-0.39, 0.29) is 11.7 Å². The molecule has 0 spiro atoms. The summed E-state index contributed by atoms with van der Waals surface area (Å²) in [5, 5.41) is 0. The van der Waals surface area contributed by atoms with Gasteiger partial charge in [-0.25, -0.2) is 9.78 Å². The van der Waals surface area contributed by atoms with Gasteiger partial charge in [0, 0.05) is 6.42 Å². The van der Waals surface area contributed by atoms with Gasteiger partial charge in [0.15, 0.2) is 0 Å². The molecule has 3 rings (SSSR count). The first-order valence-corrected chi connectivity index (χ1v) is 6.79. The summed E-state index contributed by atoms with van der Waals surface area (Å²) in [6.07, 6.45) is 1.78. The van der Waals surface area contributed by atoms with Crippen LogP contribution in [-0.4, -0.2) is 0 Å². The van der Waals surface area contributed by atoms with Crippen molar-refractivity contribution in [3.05, 3.63) is 71.8 Å². The van der Waals surface area contributed by atoms with Crippen LogP contribution in [0.15, 0.2) is 60.7 Å². The maximum Gasteiger partial charge on any atom is 0.131 e. The summed E-state index contributed by atoms with van der Waals surface area (Å²) in [6, 6.07) is 20.6. The summed E-state index contributed by atoms with van der Waals surface area (Å²) in [4.78, 5) is 11.3. The molecular weight excluding hydrogens is 236 g/mol. The smallest absolute Gasteiger partial charge is 0.131 e. The molecule has 0 bridgehead atoms. The fourth-order valence-corrected chi connectivity index (χ4v) is 2.67. The molecule has 0 aromatic heterocycles. The van der Waals surface area contributed by atoms with E-state index >= 15 is 0 Å². The Morgan fingerprint density at radius 1 is 1.00 bits per heavy atom. The standard InChI is InChI=1S/C17H18O2/c1-2-17(15-11-7-4-8-12-15)13-16(18-19-17)14-9-5-3-6-10-14/h3-12,16H,2,13H2,1H3. The van der Waals surface area contributed by atoms with Crippen LogP contribution in [0.2, 0.25) is 0 Å². The first-order valence-electron chi connectivity index (χ1n) is 6.79. The normalized spacial score (nSPS) is 26.5. The van der Waals surface area contributed by atoms with Crippen LogP contribution >= 0.6 is 0 Å². The Kier molecular flexibility index (Phi) is 3.36. The summed E-state index contributed by atoms with van der Waals surface area (Å²) in [6.45, 7) is 2.14. The average Bonchev–Trinajstić information content (AvgIpc) is 2.95. The fourth-order valence-electron chi connectivity index (χ4n) is 2.67. The highest BCUT2D eigenvalue weighted by atomic mass is 17.2. The van der Waals surface area contributed by atoms with Gasteiger partial charge in [-0.1, -0.05) is 67.6 Å². The van der Waals surface area contributed by atoms with Crippen molar-refractivity contribution in [2.75, 3.05) is 0 Å². The number of hydrogen-bond acceptors (Lipinski definition) is 2. The Bertz CT molecular complexity index is 523. The molecule has 0 amide bonds. The highest BCUT2D eigenvalue weighted by Gasteiger charge is 2.43. The van der Waals surface area contributed by atoms with E-state index in [2.05, 4.69) is 31.2 Å². The Morgan fingerprint density at radius 3 is 2.26 bits per heavy atom. The molecular formula is C17H18O2. The third-order valence-electron chi connectivity index (χ3n) is 3.88. The van der Waals surface area contributed by atoms with Gasteiger partial charge in [0.2, 0.25) is 0 Å². The molecule has 0 saturated carbocycles. The largest absolute Gasteiger partial charge is 0.227 e. The van der Waals surface area contributed by atoms with Crippen LogP contribution in [0.1, 0.15) is 37.0 Å². The molecule has 1 heterocycles. The van der Waals surface area contributed by atoms with E-state index in [4.69, 9.17) is 9.78 Å². The molecule has 0 N–H and O–H groups in total. The Balaban J connectivity index is 1.87. The van der Waals surface area contributed by atoms with Crippen molar-refractivity contribution >= 4 is 0 Å². The van der Waals surface area contributed by atoms with E-state index in [1.807, 2.05) is 36.4 Å². The van der Waals surface area contributed by atoms with Crippen molar-refractivity contribution in [1.29, 1.82) is 0 Å². The van der Waals surface area contributed by atoms with Crippen LogP contribution in [0.3, 0.4) is 0 Å². The minimum Gasteiger partial charge on any atom is -0.227 e. The summed E-state index contributed by atoms with van der Waals surface area (Å²) in [7, 11) is 0. The average molecular weight is 254 g/mol. The number of rotatable bonds is 3. The first kappa shape index (κ1) is 12.4. The van der Waals surface area contributed by atoms with Crippen molar-refractivity contribution in [3.8, 4) is 0 Å². The number of benzene rings is 2. The van der Waals surface area contributed by atoms with Gasteiger partial charge in [-0.2, -0.15) is 0 Å². The number of hydrogen-bond donors (Lipinski definition) is 0. The minimum absolute atomic E-state index is 0.0151. The van der Waals surface area contributed by atoms with Gasteiger partial charge in [-0.15, -0.1) is 0 Å². The molecule has 2 atom stereocenters. The van der Waals surface area contributed by atoms with Crippen LogP contribution in [0, 0.1) is 0 Å². The summed E-state index contributed by atoms with van der Waals surface area (Å²) < 4.78 is 0. The van der Waals surface area contributed by atoms with E-state index < -0.39 is 0 Å². The predicted molar refractivity (Wildman–Crippen MR) is 74.4 cm³/mol. The summed E-state index contributed by atoms with van der Waals surface area (Å²) in [5.74, 6) is 0. The van der Waals surface area contributed by atoms with Crippen molar-refractivity contribution in [1.82, 2.24) is 0 Å². The van der Waals surface area contributed by atoms with Gasteiger partial charge < -0.3 is 0 Å². The van der Waals surface area contributed by atoms with Crippen LogP contribution in [0.5, 0.6) is 0 Å². The second kappa shape index (κ2) is 5.16. The molecule has 1 aliphatic heterocycles.